The highest BCUT2D eigenvalue weighted by molar-refractivity contribution is 7.99. The standard InChI is InChI=1S/C20H25N5O2S/c1-14-12-15(2)22-20(21-14)28-13-19(27)23-17-4-6-18(7-5-17)25-10-8-24(9-11-25)16(3)26/h4-7,12H,8-11,13H2,1-3H3,(H,23,27). The molecule has 0 atom stereocenters. The summed E-state index contributed by atoms with van der Waals surface area (Å²) in [7, 11) is 0. The summed E-state index contributed by atoms with van der Waals surface area (Å²) >= 11 is 1.33. The Kier molecular flexibility index (Phi) is 6.51. The fourth-order valence-electron chi connectivity index (χ4n) is 3.12. The summed E-state index contributed by atoms with van der Waals surface area (Å²) in [6.45, 7) is 8.56. The summed E-state index contributed by atoms with van der Waals surface area (Å²) in [6, 6.07) is 9.72. The molecule has 2 aromatic rings. The van der Waals surface area contributed by atoms with Crippen LogP contribution in [0.15, 0.2) is 35.5 Å². The van der Waals surface area contributed by atoms with Gasteiger partial charge in [0.2, 0.25) is 11.8 Å². The van der Waals surface area contributed by atoms with Crippen molar-refractivity contribution in [3.05, 3.63) is 41.7 Å². The number of hydrogen-bond acceptors (Lipinski definition) is 6. The van der Waals surface area contributed by atoms with E-state index < -0.39 is 0 Å². The van der Waals surface area contributed by atoms with Gasteiger partial charge in [0, 0.05) is 55.9 Å². The molecular formula is C20H25N5O2S. The Morgan fingerprint density at radius 2 is 1.64 bits per heavy atom. The van der Waals surface area contributed by atoms with Crippen LogP contribution < -0.4 is 10.2 Å². The van der Waals surface area contributed by atoms with E-state index in [2.05, 4.69) is 20.2 Å². The molecule has 0 saturated carbocycles. The maximum Gasteiger partial charge on any atom is 0.234 e. The molecular weight excluding hydrogens is 374 g/mol. The number of aromatic nitrogens is 2. The molecule has 3 rings (SSSR count). The lowest BCUT2D eigenvalue weighted by molar-refractivity contribution is -0.129. The Balaban J connectivity index is 1.50. The number of anilines is 2. The van der Waals surface area contributed by atoms with Crippen LogP contribution in [0.4, 0.5) is 11.4 Å². The molecule has 1 aromatic carbocycles. The average Bonchev–Trinajstić information content (AvgIpc) is 2.66. The molecule has 1 N–H and O–H groups in total. The van der Waals surface area contributed by atoms with Gasteiger partial charge in [-0.1, -0.05) is 11.8 Å². The van der Waals surface area contributed by atoms with Crippen LogP contribution in [0.3, 0.4) is 0 Å². The number of nitrogens with zero attached hydrogens (tertiary/aromatic N) is 4. The third-order valence-corrected chi connectivity index (χ3v) is 5.38. The van der Waals surface area contributed by atoms with Crippen LogP contribution in [0.5, 0.6) is 0 Å². The molecule has 0 bridgehead atoms. The molecule has 8 heteroatoms. The van der Waals surface area contributed by atoms with Crippen LogP contribution in [0.1, 0.15) is 18.3 Å². The smallest absolute Gasteiger partial charge is 0.234 e. The summed E-state index contributed by atoms with van der Waals surface area (Å²) in [5.74, 6) is 0.301. The molecule has 0 aliphatic carbocycles. The van der Waals surface area contributed by atoms with Crippen LogP contribution in [-0.4, -0.2) is 58.6 Å². The first-order valence-corrected chi connectivity index (χ1v) is 10.2. The van der Waals surface area contributed by atoms with Gasteiger partial charge in [0.1, 0.15) is 0 Å². The van der Waals surface area contributed by atoms with E-state index in [1.807, 2.05) is 49.1 Å². The van der Waals surface area contributed by atoms with Gasteiger partial charge in [-0.2, -0.15) is 0 Å². The van der Waals surface area contributed by atoms with Gasteiger partial charge >= 0.3 is 0 Å². The van der Waals surface area contributed by atoms with Crippen molar-refractivity contribution in [1.29, 1.82) is 0 Å². The maximum atomic E-state index is 12.2. The summed E-state index contributed by atoms with van der Waals surface area (Å²) in [6.07, 6.45) is 0. The lowest BCUT2D eigenvalue weighted by atomic mass is 10.2. The molecule has 28 heavy (non-hydrogen) atoms. The zero-order valence-electron chi connectivity index (χ0n) is 16.4. The fourth-order valence-corrected chi connectivity index (χ4v) is 3.87. The zero-order chi connectivity index (χ0) is 20.1. The van der Waals surface area contributed by atoms with Gasteiger partial charge in [0.15, 0.2) is 5.16 Å². The molecule has 0 radical (unpaired) electrons. The first-order valence-electron chi connectivity index (χ1n) is 9.26. The highest BCUT2D eigenvalue weighted by Crippen LogP contribution is 2.20. The number of piperazine rings is 1. The minimum Gasteiger partial charge on any atom is -0.368 e. The van der Waals surface area contributed by atoms with E-state index in [1.165, 1.54) is 11.8 Å². The van der Waals surface area contributed by atoms with Gasteiger partial charge in [0.05, 0.1) is 5.75 Å². The third-order valence-electron chi connectivity index (χ3n) is 4.54. The molecule has 0 spiro atoms. The molecule has 7 nitrogen and oxygen atoms in total. The van der Waals surface area contributed by atoms with Crippen molar-refractivity contribution in [2.45, 2.75) is 25.9 Å². The molecule has 148 valence electrons. The number of thioether (sulfide) groups is 1. The Bertz CT molecular complexity index is 828. The van der Waals surface area contributed by atoms with Gasteiger partial charge in [-0.25, -0.2) is 9.97 Å². The molecule has 1 aliphatic rings. The zero-order valence-corrected chi connectivity index (χ0v) is 17.3. The number of aryl methyl sites for hydroxylation is 2. The van der Waals surface area contributed by atoms with E-state index in [-0.39, 0.29) is 17.6 Å². The van der Waals surface area contributed by atoms with Gasteiger partial charge in [-0.05, 0) is 44.2 Å². The number of nitrogens with one attached hydrogen (secondary N) is 1. The Morgan fingerprint density at radius 1 is 1.04 bits per heavy atom. The number of carbonyl (C=O) groups excluding carboxylic acids is 2. The molecule has 2 heterocycles. The molecule has 1 fully saturated rings. The first kappa shape index (κ1) is 20.1. The predicted octanol–water partition coefficient (Wildman–Crippen LogP) is 2.49. The molecule has 0 unspecified atom stereocenters. The van der Waals surface area contributed by atoms with Crippen LogP contribution in [0.25, 0.3) is 0 Å². The van der Waals surface area contributed by atoms with Crippen molar-refractivity contribution in [2.24, 2.45) is 0 Å². The second-order valence-corrected chi connectivity index (χ2v) is 7.75. The Hall–Kier alpha value is -2.61. The lowest BCUT2D eigenvalue weighted by Crippen LogP contribution is -2.48. The number of amides is 2. The van der Waals surface area contributed by atoms with Crippen molar-refractivity contribution in [2.75, 3.05) is 42.1 Å². The maximum absolute atomic E-state index is 12.2. The summed E-state index contributed by atoms with van der Waals surface area (Å²) in [5, 5.41) is 3.53. The van der Waals surface area contributed by atoms with Crippen LogP contribution >= 0.6 is 11.8 Å². The van der Waals surface area contributed by atoms with E-state index in [0.717, 1.165) is 48.9 Å². The van der Waals surface area contributed by atoms with Gasteiger partial charge in [0.25, 0.3) is 0 Å². The van der Waals surface area contributed by atoms with E-state index in [9.17, 15) is 9.59 Å². The molecule has 1 aromatic heterocycles. The largest absolute Gasteiger partial charge is 0.368 e. The van der Waals surface area contributed by atoms with Crippen molar-refractivity contribution < 1.29 is 9.59 Å². The van der Waals surface area contributed by atoms with Crippen molar-refractivity contribution in [3.63, 3.8) is 0 Å². The van der Waals surface area contributed by atoms with Crippen LogP contribution in [0, 0.1) is 13.8 Å². The minimum absolute atomic E-state index is 0.0874. The van der Waals surface area contributed by atoms with Crippen LogP contribution in [-0.2, 0) is 9.59 Å². The predicted molar refractivity (Wildman–Crippen MR) is 112 cm³/mol. The van der Waals surface area contributed by atoms with E-state index >= 15 is 0 Å². The number of carbonyl (C=O) groups is 2. The van der Waals surface area contributed by atoms with Crippen LogP contribution in [0.2, 0.25) is 0 Å². The normalized spacial score (nSPS) is 14.1. The van der Waals surface area contributed by atoms with Crippen molar-refractivity contribution in [3.8, 4) is 0 Å². The minimum atomic E-state index is -0.0874. The van der Waals surface area contributed by atoms with Gasteiger partial charge in [-0.15, -0.1) is 0 Å². The summed E-state index contributed by atoms with van der Waals surface area (Å²) in [4.78, 5) is 36.4. The van der Waals surface area contributed by atoms with Crippen molar-refractivity contribution in [1.82, 2.24) is 14.9 Å². The van der Waals surface area contributed by atoms with Crippen molar-refractivity contribution >= 4 is 35.0 Å². The quantitative estimate of drug-likeness (QED) is 0.615. The third kappa shape index (κ3) is 5.45. The Morgan fingerprint density at radius 3 is 2.21 bits per heavy atom. The lowest BCUT2D eigenvalue weighted by Gasteiger charge is -2.35. The highest BCUT2D eigenvalue weighted by Gasteiger charge is 2.18. The Labute approximate surface area is 169 Å². The number of benzene rings is 1. The molecule has 1 aliphatic heterocycles. The number of hydrogen-bond donors (Lipinski definition) is 1. The highest BCUT2D eigenvalue weighted by atomic mass is 32.2. The average molecular weight is 400 g/mol. The van der Waals surface area contributed by atoms with E-state index in [1.54, 1.807) is 6.92 Å². The molecule has 1 saturated heterocycles. The van der Waals surface area contributed by atoms with E-state index in [0.29, 0.717) is 5.16 Å². The second kappa shape index (κ2) is 9.05. The monoisotopic (exact) mass is 399 g/mol. The fraction of sp³-hybridized carbons (Fsp3) is 0.400. The second-order valence-electron chi connectivity index (χ2n) is 6.81. The van der Waals surface area contributed by atoms with Gasteiger partial charge in [-0.3, -0.25) is 9.59 Å². The summed E-state index contributed by atoms with van der Waals surface area (Å²) in [5.41, 5.74) is 3.66. The van der Waals surface area contributed by atoms with Gasteiger partial charge < -0.3 is 15.1 Å². The summed E-state index contributed by atoms with van der Waals surface area (Å²) < 4.78 is 0. The topological polar surface area (TPSA) is 78.4 Å². The molecule has 2 amide bonds. The van der Waals surface area contributed by atoms with E-state index in [4.69, 9.17) is 0 Å². The first-order chi connectivity index (χ1) is 13.4. The SMILES string of the molecule is CC(=O)N1CCN(c2ccc(NC(=O)CSc3nc(C)cc(C)n3)cc2)CC1. The number of rotatable bonds is 5.